The Hall–Kier alpha value is -3.02. The maximum atomic E-state index is 13.4. The quantitative estimate of drug-likeness (QED) is 0.458. The van der Waals surface area contributed by atoms with Crippen LogP contribution in [-0.2, 0) is 15.3 Å². The van der Waals surface area contributed by atoms with Gasteiger partial charge in [-0.05, 0) is 47.5 Å². The van der Waals surface area contributed by atoms with Gasteiger partial charge in [-0.25, -0.2) is 4.90 Å². The van der Waals surface area contributed by atoms with Crippen molar-refractivity contribution in [2.45, 2.75) is 5.75 Å². The average molecular weight is 449 g/mol. The van der Waals surface area contributed by atoms with Gasteiger partial charge >= 0.3 is 0 Å². The molecule has 0 aromatic heterocycles. The van der Waals surface area contributed by atoms with E-state index in [-0.39, 0.29) is 11.8 Å². The third-order valence-electron chi connectivity index (χ3n) is 5.02. The van der Waals surface area contributed by atoms with E-state index in [2.05, 4.69) is 0 Å². The monoisotopic (exact) mass is 448 g/mol. The number of nitrogens with zero attached hydrogens (tertiary/aromatic N) is 2. The van der Waals surface area contributed by atoms with Gasteiger partial charge < -0.3 is 4.90 Å². The lowest BCUT2D eigenvalue weighted by Gasteiger charge is -2.18. The molecule has 1 aliphatic rings. The number of carbonyl (C=O) groups excluding carboxylic acids is 2. The summed E-state index contributed by atoms with van der Waals surface area (Å²) >= 11 is 7.43. The third-order valence-corrected chi connectivity index (χ3v) is 6.42. The number of halogens is 1. The first-order valence-corrected chi connectivity index (χ1v) is 11.1. The second-order valence-corrected chi connectivity index (χ2v) is 8.76. The average Bonchev–Trinajstić information content (AvgIpc) is 3.03. The van der Waals surface area contributed by atoms with Crippen LogP contribution in [0.15, 0.2) is 83.8 Å². The summed E-state index contributed by atoms with van der Waals surface area (Å²) in [6, 6.07) is 24.3. The minimum absolute atomic E-state index is 0.298. The van der Waals surface area contributed by atoms with Crippen LogP contribution in [0, 0.1) is 0 Å². The molecule has 0 spiro atoms. The van der Waals surface area contributed by atoms with E-state index in [9.17, 15) is 9.59 Å². The number of benzene rings is 3. The fourth-order valence-electron chi connectivity index (χ4n) is 3.38. The Morgan fingerprint density at radius 3 is 2.10 bits per heavy atom. The first kappa shape index (κ1) is 21.2. The normalized spacial score (nSPS) is 13.8. The second kappa shape index (κ2) is 9.00. The number of amides is 2. The SMILES string of the molecule is CN(C)c1ccc(N2C(=O)C(SCc3ccccc3)=C(c3ccc(Cl)cc3)C2=O)cc1. The van der Waals surface area contributed by atoms with Crippen molar-refractivity contribution in [2.75, 3.05) is 23.9 Å². The van der Waals surface area contributed by atoms with Crippen molar-refractivity contribution in [3.05, 3.63) is 99.9 Å². The summed E-state index contributed by atoms with van der Waals surface area (Å²) in [4.78, 5) is 30.5. The van der Waals surface area contributed by atoms with Crippen molar-refractivity contribution in [1.29, 1.82) is 0 Å². The number of anilines is 2. The van der Waals surface area contributed by atoms with Crippen LogP contribution in [0.4, 0.5) is 11.4 Å². The van der Waals surface area contributed by atoms with Crippen molar-refractivity contribution >= 4 is 52.1 Å². The molecule has 0 bridgehead atoms. The molecule has 0 fully saturated rings. The molecule has 31 heavy (non-hydrogen) atoms. The standard InChI is InChI=1S/C25H21ClN2O2S/c1-27(2)20-12-14-21(15-13-20)28-24(29)22(18-8-10-19(26)11-9-18)23(25(28)30)31-16-17-6-4-3-5-7-17/h3-15H,16H2,1-2H3. The topological polar surface area (TPSA) is 40.6 Å². The smallest absolute Gasteiger partial charge is 0.272 e. The predicted molar refractivity (Wildman–Crippen MR) is 129 cm³/mol. The molecule has 0 saturated heterocycles. The summed E-state index contributed by atoms with van der Waals surface area (Å²) in [5.41, 5.74) is 3.74. The minimum atomic E-state index is -0.319. The van der Waals surface area contributed by atoms with E-state index in [1.807, 2.05) is 61.5 Å². The lowest BCUT2D eigenvalue weighted by atomic mass is 10.1. The number of carbonyl (C=O) groups is 2. The predicted octanol–water partition coefficient (Wildman–Crippen LogP) is 5.62. The maximum absolute atomic E-state index is 13.4. The van der Waals surface area contributed by atoms with Crippen LogP contribution in [0.2, 0.25) is 5.02 Å². The molecule has 0 N–H and O–H groups in total. The molecule has 4 rings (SSSR count). The zero-order chi connectivity index (χ0) is 22.0. The van der Waals surface area contributed by atoms with Crippen LogP contribution >= 0.6 is 23.4 Å². The van der Waals surface area contributed by atoms with Gasteiger partial charge in [0.15, 0.2) is 0 Å². The summed E-state index contributed by atoms with van der Waals surface area (Å²) in [6.07, 6.45) is 0. The number of hydrogen-bond donors (Lipinski definition) is 0. The molecule has 3 aromatic carbocycles. The van der Waals surface area contributed by atoms with Gasteiger partial charge in [0.2, 0.25) is 0 Å². The van der Waals surface area contributed by atoms with Gasteiger partial charge in [-0.2, -0.15) is 0 Å². The van der Waals surface area contributed by atoms with Gasteiger partial charge in [-0.15, -0.1) is 11.8 Å². The molecule has 1 heterocycles. The van der Waals surface area contributed by atoms with E-state index in [0.29, 0.717) is 32.5 Å². The lowest BCUT2D eigenvalue weighted by Crippen LogP contribution is -2.31. The summed E-state index contributed by atoms with van der Waals surface area (Å²) < 4.78 is 0. The fraction of sp³-hybridized carbons (Fsp3) is 0.120. The number of imide groups is 1. The molecule has 3 aromatic rings. The summed E-state index contributed by atoms with van der Waals surface area (Å²) in [7, 11) is 3.89. The molecule has 156 valence electrons. The van der Waals surface area contributed by atoms with Gasteiger partial charge in [0.25, 0.3) is 11.8 Å². The lowest BCUT2D eigenvalue weighted by molar-refractivity contribution is -0.119. The maximum Gasteiger partial charge on any atom is 0.272 e. The van der Waals surface area contributed by atoms with Crippen LogP contribution in [0.25, 0.3) is 5.57 Å². The van der Waals surface area contributed by atoms with Crippen LogP contribution in [-0.4, -0.2) is 25.9 Å². The zero-order valence-corrected chi connectivity index (χ0v) is 18.8. The van der Waals surface area contributed by atoms with E-state index in [0.717, 1.165) is 11.3 Å². The molecule has 2 amide bonds. The van der Waals surface area contributed by atoms with Gasteiger partial charge in [0.05, 0.1) is 16.2 Å². The highest BCUT2D eigenvalue weighted by Gasteiger charge is 2.40. The van der Waals surface area contributed by atoms with Crippen molar-refractivity contribution < 1.29 is 9.59 Å². The largest absolute Gasteiger partial charge is 0.378 e. The Labute approximate surface area is 191 Å². The number of rotatable bonds is 6. The Bertz CT molecular complexity index is 1140. The molecule has 0 saturated carbocycles. The Morgan fingerprint density at radius 2 is 1.48 bits per heavy atom. The van der Waals surface area contributed by atoms with Crippen molar-refractivity contribution in [3.8, 4) is 0 Å². The highest BCUT2D eigenvalue weighted by molar-refractivity contribution is 8.03. The van der Waals surface area contributed by atoms with Crippen molar-refractivity contribution in [2.24, 2.45) is 0 Å². The first-order chi connectivity index (χ1) is 15.0. The first-order valence-electron chi connectivity index (χ1n) is 9.79. The molecular weight excluding hydrogens is 428 g/mol. The molecule has 0 atom stereocenters. The Morgan fingerprint density at radius 1 is 0.839 bits per heavy atom. The zero-order valence-electron chi connectivity index (χ0n) is 17.2. The van der Waals surface area contributed by atoms with E-state index in [1.54, 1.807) is 36.4 Å². The van der Waals surface area contributed by atoms with E-state index < -0.39 is 0 Å². The molecule has 0 unspecified atom stereocenters. The van der Waals surface area contributed by atoms with Crippen molar-refractivity contribution in [3.63, 3.8) is 0 Å². The van der Waals surface area contributed by atoms with E-state index >= 15 is 0 Å². The van der Waals surface area contributed by atoms with Crippen molar-refractivity contribution in [1.82, 2.24) is 0 Å². The van der Waals surface area contributed by atoms with Gasteiger partial charge in [0.1, 0.15) is 0 Å². The van der Waals surface area contributed by atoms with E-state index in [1.165, 1.54) is 16.7 Å². The fourth-order valence-corrected chi connectivity index (χ4v) is 4.57. The van der Waals surface area contributed by atoms with E-state index in [4.69, 9.17) is 11.6 Å². The molecule has 0 aliphatic carbocycles. The summed E-state index contributed by atoms with van der Waals surface area (Å²) in [5.74, 6) is -0.0198. The summed E-state index contributed by atoms with van der Waals surface area (Å²) in [6.45, 7) is 0. The third kappa shape index (κ3) is 4.38. The highest BCUT2D eigenvalue weighted by atomic mass is 35.5. The van der Waals surface area contributed by atoms with Gasteiger partial charge in [-0.1, -0.05) is 54.1 Å². The van der Waals surface area contributed by atoms with Crippen LogP contribution in [0.1, 0.15) is 11.1 Å². The number of hydrogen-bond acceptors (Lipinski definition) is 4. The Kier molecular flexibility index (Phi) is 6.16. The van der Waals surface area contributed by atoms with Crippen LogP contribution < -0.4 is 9.80 Å². The molecular formula is C25H21ClN2O2S. The second-order valence-electron chi connectivity index (χ2n) is 7.34. The molecule has 6 heteroatoms. The van der Waals surface area contributed by atoms with Crippen LogP contribution in [0.3, 0.4) is 0 Å². The Balaban J connectivity index is 1.71. The van der Waals surface area contributed by atoms with Crippen LogP contribution in [0.5, 0.6) is 0 Å². The van der Waals surface area contributed by atoms with Gasteiger partial charge in [-0.3, -0.25) is 9.59 Å². The van der Waals surface area contributed by atoms with Gasteiger partial charge in [0, 0.05) is 30.6 Å². The minimum Gasteiger partial charge on any atom is -0.378 e. The number of thioether (sulfide) groups is 1. The highest BCUT2D eigenvalue weighted by Crippen LogP contribution is 2.40. The molecule has 1 aliphatic heterocycles. The summed E-state index contributed by atoms with van der Waals surface area (Å²) in [5, 5.41) is 0.579. The molecule has 0 radical (unpaired) electrons. The molecule has 4 nitrogen and oxygen atoms in total.